The number of amides is 1. The summed E-state index contributed by atoms with van der Waals surface area (Å²) < 4.78 is 0. The second kappa shape index (κ2) is 10.4. The Bertz CT molecular complexity index is 1040. The van der Waals surface area contributed by atoms with Gasteiger partial charge in [0.1, 0.15) is 16.2 Å². The minimum absolute atomic E-state index is 0.160. The van der Waals surface area contributed by atoms with Crippen molar-refractivity contribution in [2.24, 2.45) is 0 Å². The summed E-state index contributed by atoms with van der Waals surface area (Å²) in [5, 5.41) is 1.82. The van der Waals surface area contributed by atoms with Gasteiger partial charge in [-0.3, -0.25) is 9.69 Å². The van der Waals surface area contributed by atoms with Crippen molar-refractivity contribution in [3.8, 4) is 0 Å². The molecule has 5 nitrogen and oxygen atoms in total. The molecule has 0 bridgehead atoms. The molecule has 1 atom stereocenters. The van der Waals surface area contributed by atoms with Crippen LogP contribution in [0.1, 0.15) is 24.3 Å². The molecule has 1 fully saturated rings. The first-order valence-corrected chi connectivity index (χ1v) is 12.5. The first-order chi connectivity index (χ1) is 15.1. The highest BCUT2D eigenvalue weighted by molar-refractivity contribution is 8.00. The van der Waals surface area contributed by atoms with Crippen LogP contribution in [0, 0.1) is 0 Å². The molecule has 1 aliphatic heterocycles. The Morgan fingerprint density at radius 1 is 1.19 bits per heavy atom. The molecular weight excluding hydrogens is 424 g/mol. The highest BCUT2D eigenvalue weighted by atomic mass is 32.2. The first kappa shape index (κ1) is 22.0. The number of rotatable bonds is 7. The molecule has 0 aliphatic carbocycles. The summed E-state index contributed by atoms with van der Waals surface area (Å²) in [5.74, 6) is 0.196. The number of benzene rings is 1. The predicted molar refractivity (Wildman–Crippen MR) is 131 cm³/mol. The van der Waals surface area contributed by atoms with Crippen LogP contribution in [-0.4, -0.2) is 63.6 Å². The fourth-order valence-electron chi connectivity index (χ4n) is 3.68. The number of hydrogen-bond acceptors (Lipinski definition) is 6. The molecule has 4 rings (SSSR count). The van der Waals surface area contributed by atoms with Crippen LogP contribution in [0.3, 0.4) is 0 Å². The minimum atomic E-state index is -0.160. The third-order valence-corrected chi connectivity index (χ3v) is 7.78. The number of thiophene rings is 1. The number of aryl methyl sites for hydroxylation is 1. The van der Waals surface area contributed by atoms with Crippen LogP contribution < -0.4 is 0 Å². The molecule has 3 heterocycles. The number of fused-ring (bicyclic) bond motifs is 1. The Morgan fingerprint density at radius 3 is 2.71 bits per heavy atom. The molecule has 1 aliphatic rings. The van der Waals surface area contributed by atoms with E-state index in [9.17, 15) is 4.79 Å². The van der Waals surface area contributed by atoms with Gasteiger partial charge in [0, 0.05) is 43.0 Å². The second-order valence-electron chi connectivity index (χ2n) is 7.66. The van der Waals surface area contributed by atoms with Gasteiger partial charge in [-0.1, -0.05) is 61.2 Å². The first-order valence-electron chi connectivity index (χ1n) is 10.8. The Morgan fingerprint density at radius 2 is 1.97 bits per heavy atom. The van der Waals surface area contributed by atoms with E-state index in [-0.39, 0.29) is 11.2 Å². The molecule has 7 heteroatoms. The zero-order chi connectivity index (χ0) is 21.6. The van der Waals surface area contributed by atoms with Gasteiger partial charge in [-0.25, -0.2) is 9.97 Å². The van der Waals surface area contributed by atoms with Crippen molar-refractivity contribution in [1.29, 1.82) is 0 Å². The van der Waals surface area contributed by atoms with Crippen molar-refractivity contribution in [2.75, 3.05) is 32.7 Å². The lowest BCUT2D eigenvalue weighted by Crippen LogP contribution is -2.50. The highest BCUT2D eigenvalue weighted by Gasteiger charge is 2.26. The van der Waals surface area contributed by atoms with Gasteiger partial charge in [-0.15, -0.1) is 11.3 Å². The molecular formula is C24H28N4OS2. The van der Waals surface area contributed by atoms with E-state index < -0.39 is 0 Å². The largest absolute Gasteiger partial charge is 0.339 e. The normalized spacial score (nSPS) is 16.3. The maximum absolute atomic E-state index is 13.0. The smallest absolute Gasteiger partial charge is 0.235 e. The average Bonchev–Trinajstić information content (AvgIpc) is 3.24. The summed E-state index contributed by atoms with van der Waals surface area (Å²) in [5.41, 5.74) is 1.22. The lowest BCUT2D eigenvalue weighted by Gasteiger charge is -2.35. The quantitative estimate of drug-likeness (QED) is 0.388. The number of carbonyl (C=O) groups excluding carboxylic acids is 1. The Labute approximate surface area is 192 Å². The van der Waals surface area contributed by atoms with Gasteiger partial charge < -0.3 is 4.90 Å². The zero-order valence-corrected chi connectivity index (χ0v) is 19.7. The van der Waals surface area contributed by atoms with Crippen molar-refractivity contribution >= 4 is 45.3 Å². The monoisotopic (exact) mass is 452 g/mol. The van der Waals surface area contributed by atoms with E-state index in [4.69, 9.17) is 0 Å². The van der Waals surface area contributed by atoms with Crippen LogP contribution in [0.15, 0.2) is 53.8 Å². The van der Waals surface area contributed by atoms with Gasteiger partial charge in [0.25, 0.3) is 0 Å². The zero-order valence-electron chi connectivity index (χ0n) is 18.0. The molecule has 0 spiro atoms. The van der Waals surface area contributed by atoms with E-state index in [2.05, 4.69) is 64.3 Å². The van der Waals surface area contributed by atoms with Crippen LogP contribution in [0.25, 0.3) is 16.3 Å². The minimum Gasteiger partial charge on any atom is -0.339 e. The van der Waals surface area contributed by atoms with Crippen LogP contribution >= 0.6 is 23.1 Å². The third kappa shape index (κ3) is 5.53. The fourth-order valence-corrected chi connectivity index (χ4v) is 5.65. The number of aromatic nitrogens is 2. The average molecular weight is 453 g/mol. The Kier molecular flexibility index (Phi) is 7.37. The Hall–Kier alpha value is -2.22. The molecule has 0 radical (unpaired) electrons. The van der Waals surface area contributed by atoms with Crippen LogP contribution in [0.5, 0.6) is 0 Å². The van der Waals surface area contributed by atoms with Gasteiger partial charge in [0.05, 0.1) is 5.25 Å². The number of carbonyl (C=O) groups is 1. The van der Waals surface area contributed by atoms with Crippen LogP contribution in [-0.2, 0) is 11.2 Å². The summed E-state index contributed by atoms with van der Waals surface area (Å²) in [6, 6.07) is 12.5. The summed E-state index contributed by atoms with van der Waals surface area (Å²) in [7, 11) is 0. The lowest BCUT2D eigenvalue weighted by molar-refractivity contribution is -0.131. The van der Waals surface area contributed by atoms with Crippen molar-refractivity contribution in [3.63, 3.8) is 0 Å². The fraction of sp³-hybridized carbons (Fsp3) is 0.375. The highest BCUT2D eigenvalue weighted by Crippen LogP contribution is 2.33. The molecule has 1 unspecified atom stereocenters. The second-order valence-corrected chi connectivity index (χ2v) is 10.1. The predicted octanol–water partition coefficient (Wildman–Crippen LogP) is 4.59. The molecule has 3 aromatic rings. The molecule has 0 N–H and O–H groups in total. The number of hydrogen-bond donors (Lipinski definition) is 0. The van der Waals surface area contributed by atoms with Crippen LogP contribution in [0.4, 0.5) is 0 Å². The lowest BCUT2D eigenvalue weighted by atomic mass is 10.2. The molecule has 1 amide bonds. The van der Waals surface area contributed by atoms with Gasteiger partial charge in [-0.05, 0) is 25.0 Å². The summed E-state index contributed by atoms with van der Waals surface area (Å²) in [4.78, 5) is 28.6. The molecule has 2 aromatic heterocycles. The van der Waals surface area contributed by atoms with Crippen molar-refractivity contribution in [3.05, 3.63) is 59.2 Å². The SMILES string of the molecule is CCc1cc2c(SC(C)C(=O)N3CCN(C/C=C/c4ccccc4)CC3)ncnc2s1. The Balaban J connectivity index is 1.29. The van der Waals surface area contributed by atoms with E-state index in [0.717, 1.165) is 54.4 Å². The van der Waals surface area contributed by atoms with Crippen LogP contribution in [0.2, 0.25) is 0 Å². The van der Waals surface area contributed by atoms with E-state index in [1.807, 2.05) is 17.9 Å². The molecule has 162 valence electrons. The van der Waals surface area contributed by atoms with Crippen molar-refractivity contribution in [1.82, 2.24) is 19.8 Å². The maximum Gasteiger partial charge on any atom is 0.235 e. The third-order valence-electron chi connectivity index (χ3n) is 5.49. The standard InChI is InChI=1S/C24H28N4OS2/c1-3-20-16-21-22(25-17-26-23(21)31-20)30-18(2)24(29)28-14-12-27(13-15-28)11-7-10-19-8-5-4-6-9-19/h4-10,16-18H,3,11-15H2,1-2H3/b10-7+. The van der Waals surface area contributed by atoms with Crippen molar-refractivity contribution < 1.29 is 4.79 Å². The van der Waals surface area contributed by atoms with E-state index in [1.54, 1.807) is 29.4 Å². The van der Waals surface area contributed by atoms with E-state index in [0.29, 0.717) is 0 Å². The molecule has 1 aromatic carbocycles. The number of nitrogens with zero attached hydrogens (tertiary/aromatic N) is 4. The van der Waals surface area contributed by atoms with Crippen molar-refractivity contribution in [2.45, 2.75) is 30.5 Å². The summed E-state index contributed by atoms with van der Waals surface area (Å²) >= 11 is 3.26. The van der Waals surface area contributed by atoms with Gasteiger partial charge >= 0.3 is 0 Å². The molecule has 1 saturated heterocycles. The van der Waals surface area contributed by atoms with E-state index >= 15 is 0 Å². The maximum atomic E-state index is 13.0. The van der Waals surface area contributed by atoms with Gasteiger partial charge in [-0.2, -0.15) is 0 Å². The van der Waals surface area contributed by atoms with Gasteiger partial charge in [0.15, 0.2) is 0 Å². The number of thioether (sulfide) groups is 1. The van der Waals surface area contributed by atoms with E-state index in [1.165, 1.54) is 10.4 Å². The topological polar surface area (TPSA) is 49.3 Å². The molecule has 31 heavy (non-hydrogen) atoms. The molecule has 0 saturated carbocycles. The summed E-state index contributed by atoms with van der Waals surface area (Å²) in [6.45, 7) is 8.42. The summed E-state index contributed by atoms with van der Waals surface area (Å²) in [6.07, 6.45) is 6.97. The van der Waals surface area contributed by atoms with Gasteiger partial charge in [0.2, 0.25) is 5.91 Å². The number of piperazine rings is 1.